The topological polar surface area (TPSA) is 40.5 Å². The molecular weight excluding hydrogens is 556 g/mol. The lowest BCUT2D eigenvalue weighted by Gasteiger charge is -2.35. The van der Waals surface area contributed by atoms with Crippen LogP contribution in [0.3, 0.4) is 0 Å². The van der Waals surface area contributed by atoms with Crippen LogP contribution in [0.5, 0.6) is 11.5 Å². The summed E-state index contributed by atoms with van der Waals surface area (Å²) in [5.41, 5.74) is 9.51. The summed E-state index contributed by atoms with van der Waals surface area (Å²) in [6.45, 7) is 0. The van der Waals surface area contributed by atoms with Gasteiger partial charge in [-0.25, -0.2) is 0 Å². The number of aromatic hydroxyl groups is 2. The quantitative estimate of drug-likeness (QED) is 0.217. The van der Waals surface area contributed by atoms with Crippen molar-refractivity contribution in [2.75, 3.05) is 0 Å². The fourth-order valence-electron chi connectivity index (χ4n) is 6.28. The average Bonchev–Trinajstić information content (AvgIpc) is 3.29. The second-order valence-corrected chi connectivity index (χ2v) is 11.1. The average molecular weight is 582 g/mol. The molecule has 6 aromatic carbocycles. The molecule has 0 unspecified atom stereocenters. The van der Waals surface area contributed by atoms with E-state index in [-0.39, 0.29) is 11.5 Å². The fraction of sp³-hybridized carbons (Fsp3) is 0.0270. The first-order valence-electron chi connectivity index (χ1n) is 13.2. The van der Waals surface area contributed by atoms with Crippen molar-refractivity contribution in [1.82, 2.24) is 0 Å². The van der Waals surface area contributed by atoms with Gasteiger partial charge in [0.2, 0.25) is 0 Å². The van der Waals surface area contributed by atoms with Crippen molar-refractivity contribution in [2.45, 2.75) is 5.41 Å². The zero-order valence-corrected chi connectivity index (χ0v) is 23.1. The number of halogens is 1. The van der Waals surface area contributed by atoms with E-state index in [2.05, 4.69) is 70.5 Å². The molecule has 2 N–H and O–H groups in total. The monoisotopic (exact) mass is 580 g/mol. The molecule has 2 nitrogen and oxygen atoms in total. The number of benzene rings is 6. The van der Waals surface area contributed by atoms with Gasteiger partial charge in [-0.05, 0) is 80.9 Å². The molecule has 40 heavy (non-hydrogen) atoms. The summed E-state index contributed by atoms with van der Waals surface area (Å²) >= 11 is 3.75. The number of fused-ring (bicyclic) bond motifs is 3. The SMILES string of the molecule is Oc1ccc(C2(c3ccc(O)c(-c4ccccc4)c3)c3ccccc3-c3ccc(Br)cc32)cc1-c1ccccc1. The zero-order chi connectivity index (χ0) is 27.3. The maximum Gasteiger partial charge on any atom is 0.123 e. The van der Waals surface area contributed by atoms with Crippen molar-refractivity contribution in [1.29, 1.82) is 0 Å². The second-order valence-electron chi connectivity index (χ2n) is 10.2. The molecule has 0 saturated carbocycles. The Balaban J connectivity index is 1.60. The zero-order valence-electron chi connectivity index (χ0n) is 21.6. The molecule has 0 atom stereocenters. The summed E-state index contributed by atoms with van der Waals surface area (Å²) in [6.07, 6.45) is 0. The highest BCUT2D eigenvalue weighted by Crippen LogP contribution is 2.57. The largest absolute Gasteiger partial charge is 0.507 e. The Labute approximate surface area is 242 Å². The number of phenolic OH excluding ortho intramolecular Hbond substituents is 2. The van der Waals surface area contributed by atoms with Crippen LogP contribution >= 0.6 is 15.9 Å². The number of rotatable bonds is 4. The van der Waals surface area contributed by atoms with Gasteiger partial charge < -0.3 is 10.2 Å². The Morgan fingerprint density at radius 3 is 1.50 bits per heavy atom. The normalized spacial score (nSPS) is 13.0. The molecule has 192 valence electrons. The van der Waals surface area contributed by atoms with E-state index in [1.165, 1.54) is 11.1 Å². The fourth-order valence-corrected chi connectivity index (χ4v) is 6.64. The van der Waals surface area contributed by atoms with Gasteiger partial charge in [0.15, 0.2) is 0 Å². The predicted molar refractivity (Wildman–Crippen MR) is 166 cm³/mol. The van der Waals surface area contributed by atoms with Crippen LogP contribution in [0.15, 0.2) is 144 Å². The molecule has 0 heterocycles. The highest BCUT2D eigenvalue weighted by molar-refractivity contribution is 9.10. The third kappa shape index (κ3) is 3.70. The Morgan fingerprint density at radius 1 is 0.425 bits per heavy atom. The molecule has 7 rings (SSSR count). The van der Waals surface area contributed by atoms with Gasteiger partial charge in [-0.3, -0.25) is 0 Å². The van der Waals surface area contributed by atoms with E-state index in [1.807, 2.05) is 72.8 Å². The van der Waals surface area contributed by atoms with Crippen LogP contribution in [0.4, 0.5) is 0 Å². The van der Waals surface area contributed by atoms with Gasteiger partial charge in [-0.15, -0.1) is 0 Å². The third-order valence-electron chi connectivity index (χ3n) is 8.04. The lowest BCUT2D eigenvalue weighted by atomic mass is 9.67. The molecule has 1 aliphatic rings. The van der Waals surface area contributed by atoms with Gasteiger partial charge in [-0.2, -0.15) is 0 Å². The maximum atomic E-state index is 11.0. The summed E-state index contributed by atoms with van der Waals surface area (Å²) in [5, 5.41) is 22.0. The number of hydrogen-bond donors (Lipinski definition) is 2. The molecule has 0 radical (unpaired) electrons. The standard InChI is InChI=1S/C37H25BrO2/c38-28-17-18-30-29-13-7-8-14-33(29)37(34(30)23-28,26-15-19-35(39)31(21-26)24-9-3-1-4-10-24)27-16-20-36(40)32(22-27)25-11-5-2-6-12-25/h1-23,39-40H. The Morgan fingerprint density at radius 2 is 0.925 bits per heavy atom. The van der Waals surface area contributed by atoms with Crippen LogP contribution in [-0.4, -0.2) is 10.2 Å². The predicted octanol–water partition coefficient (Wildman–Crippen LogP) is 9.56. The summed E-state index contributed by atoms with van der Waals surface area (Å²) in [6, 6.07) is 46.9. The van der Waals surface area contributed by atoms with Crippen molar-refractivity contribution in [2.24, 2.45) is 0 Å². The summed E-state index contributed by atoms with van der Waals surface area (Å²) in [7, 11) is 0. The maximum absolute atomic E-state index is 11.0. The first-order valence-corrected chi connectivity index (χ1v) is 14.0. The van der Waals surface area contributed by atoms with Gasteiger partial charge in [0.25, 0.3) is 0 Å². The lowest BCUT2D eigenvalue weighted by molar-refractivity contribution is 0.477. The van der Waals surface area contributed by atoms with Crippen LogP contribution in [0.2, 0.25) is 0 Å². The molecule has 0 saturated heterocycles. The van der Waals surface area contributed by atoms with Crippen LogP contribution in [0.1, 0.15) is 22.3 Å². The van der Waals surface area contributed by atoms with Crippen LogP contribution in [0.25, 0.3) is 33.4 Å². The van der Waals surface area contributed by atoms with Crippen LogP contribution in [0, 0.1) is 0 Å². The molecule has 0 fully saturated rings. The first-order chi connectivity index (χ1) is 19.6. The van der Waals surface area contributed by atoms with E-state index >= 15 is 0 Å². The third-order valence-corrected chi connectivity index (χ3v) is 8.53. The number of phenols is 2. The van der Waals surface area contributed by atoms with Crippen molar-refractivity contribution >= 4 is 15.9 Å². The van der Waals surface area contributed by atoms with Crippen molar-refractivity contribution in [3.8, 4) is 44.9 Å². The van der Waals surface area contributed by atoms with Gasteiger partial charge in [0.1, 0.15) is 11.5 Å². The summed E-state index contributed by atoms with van der Waals surface area (Å²) in [4.78, 5) is 0. The van der Waals surface area contributed by atoms with E-state index in [4.69, 9.17) is 0 Å². The molecule has 0 bridgehead atoms. The van der Waals surface area contributed by atoms with E-state index < -0.39 is 5.41 Å². The second kappa shape index (κ2) is 9.55. The van der Waals surface area contributed by atoms with Gasteiger partial charge in [-0.1, -0.05) is 119 Å². The minimum Gasteiger partial charge on any atom is -0.507 e. The minimum absolute atomic E-state index is 0.238. The van der Waals surface area contributed by atoms with E-state index in [9.17, 15) is 10.2 Å². The lowest BCUT2D eigenvalue weighted by Crippen LogP contribution is -2.28. The van der Waals surface area contributed by atoms with Gasteiger partial charge in [0, 0.05) is 15.6 Å². The first kappa shape index (κ1) is 24.4. The van der Waals surface area contributed by atoms with Crippen molar-refractivity contribution in [3.05, 3.63) is 166 Å². The Hall–Kier alpha value is -4.60. The Kier molecular flexibility index (Phi) is 5.83. The minimum atomic E-state index is -0.690. The van der Waals surface area contributed by atoms with Crippen LogP contribution in [-0.2, 0) is 5.41 Å². The summed E-state index contributed by atoms with van der Waals surface area (Å²) in [5.74, 6) is 0.475. The Bertz CT molecular complexity index is 1790. The molecule has 0 spiro atoms. The molecule has 0 amide bonds. The molecule has 0 aliphatic heterocycles. The van der Waals surface area contributed by atoms with Crippen LogP contribution < -0.4 is 0 Å². The molecular formula is C37H25BrO2. The smallest absolute Gasteiger partial charge is 0.123 e. The van der Waals surface area contributed by atoms with E-state index in [0.717, 1.165) is 49.0 Å². The highest BCUT2D eigenvalue weighted by atomic mass is 79.9. The summed E-state index contributed by atoms with van der Waals surface area (Å²) < 4.78 is 0.993. The molecule has 3 heteroatoms. The van der Waals surface area contributed by atoms with Gasteiger partial charge >= 0.3 is 0 Å². The molecule has 0 aromatic heterocycles. The number of hydrogen-bond acceptors (Lipinski definition) is 2. The van der Waals surface area contributed by atoms with Crippen molar-refractivity contribution < 1.29 is 10.2 Å². The molecule has 1 aliphatic carbocycles. The molecule has 6 aromatic rings. The van der Waals surface area contributed by atoms with Gasteiger partial charge in [0.05, 0.1) is 5.41 Å². The highest BCUT2D eigenvalue weighted by Gasteiger charge is 2.46. The van der Waals surface area contributed by atoms with Crippen molar-refractivity contribution in [3.63, 3.8) is 0 Å². The van der Waals surface area contributed by atoms with E-state index in [0.29, 0.717) is 0 Å². The van der Waals surface area contributed by atoms with E-state index in [1.54, 1.807) is 12.1 Å².